The lowest BCUT2D eigenvalue weighted by molar-refractivity contribution is -0.137. The number of carbonyl (C=O) groups is 1. The van der Waals surface area contributed by atoms with Gasteiger partial charge >= 0.3 is 29.0 Å². The molecule has 124 valence electrons. The first-order valence-corrected chi connectivity index (χ1v) is 8.84. The van der Waals surface area contributed by atoms with Gasteiger partial charge in [0, 0.05) is 6.42 Å². The molecule has 0 atom stereocenters. The molecule has 0 saturated carbocycles. The van der Waals surface area contributed by atoms with Crippen molar-refractivity contribution >= 4 is 29.0 Å². The van der Waals surface area contributed by atoms with Crippen LogP contribution in [0.3, 0.4) is 0 Å². The molecule has 0 amide bonds. The van der Waals surface area contributed by atoms with Gasteiger partial charge in [-0.1, -0.05) is 90.9 Å². The quantitative estimate of drug-likeness (QED) is 0.330. The first kappa shape index (κ1) is 23.5. The van der Waals surface area contributed by atoms with Crippen molar-refractivity contribution in [2.75, 3.05) is 0 Å². The molecule has 0 rings (SSSR count). The highest BCUT2D eigenvalue weighted by Gasteiger charge is 1.97. The third-order valence-electron chi connectivity index (χ3n) is 3.92. The largest absolute Gasteiger partial charge is 0.481 e. The van der Waals surface area contributed by atoms with Gasteiger partial charge in [-0.25, -0.2) is 0 Å². The minimum absolute atomic E-state index is 0. The van der Waals surface area contributed by atoms with E-state index in [0.717, 1.165) is 18.8 Å². The maximum atomic E-state index is 10.3. The number of unbranched alkanes of at least 4 members (excludes halogenated alkanes) is 11. The molecule has 0 heterocycles. The number of aliphatic carboxylic acids is 1. The normalized spacial score (nSPS) is 10.6. The molecule has 1 N–H and O–H groups in total. The van der Waals surface area contributed by atoms with Crippen LogP contribution in [0, 0.1) is 5.92 Å². The highest BCUT2D eigenvalue weighted by atomic mass is 24.3. The van der Waals surface area contributed by atoms with Gasteiger partial charge < -0.3 is 5.11 Å². The van der Waals surface area contributed by atoms with E-state index in [0.29, 0.717) is 6.42 Å². The molecular formula is C18H38MgO2. The zero-order valence-corrected chi connectivity index (χ0v) is 13.8. The number of hydrogen-bond donors (Lipinski definition) is 1. The first-order chi connectivity index (χ1) is 9.63. The van der Waals surface area contributed by atoms with Crippen molar-refractivity contribution in [1.29, 1.82) is 0 Å². The first-order valence-electron chi connectivity index (χ1n) is 8.84. The van der Waals surface area contributed by atoms with E-state index in [9.17, 15) is 4.79 Å². The maximum Gasteiger partial charge on any atom is 0.316 e. The summed E-state index contributed by atoms with van der Waals surface area (Å²) in [6.45, 7) is 4.61. The van der Waals surface area contributed by atoms with E-state index >= 15 is 0 Å². The minimum Gasteiger partial charge on any atom is -0.481 e. The van der Waals surface area contributed by atoms with Crippen molar-refractivity contribution in [2.45, 2.75) is 104 Å². The Balaban J connectivity index is 0. The van der Waals surface area contributed by atoms with Crippen LogP contribution >= 0.6 is 0 Å². The highest BCUT2D eigenvalue weighted by Crippen LogP contribution is 2.14. The van der Waals surface area contributed by atoms with Gasteiger partial charge in [-0.15, -0.1) is 0 Å². The van der Waals surface area contributed by atoms with E-state index in [2.05, 4.69) is 13.8 Å². The molecule has 3 heteroatoms. The summed E-state index contributed by atoms with van der Waals surface area (Å²) < 4.78 is 0. The molecule has 0 aliphatic carbocycles. The smallest absolute Gasteiger partial charge is 0.316 e. The standard InChI is InChI=1S/C18H36O2.Mg.2H/c1-17(2)15-13-11-9-7-5-3-4-6-8-10-12-14-16-18(19)20;;;/h17H,3-16H2,1-2H3,(H,19,20);;;. The summed E-state index contributed by atoms with van der Waals surface area (Å²) >= 11 is 0. The van der Waals surface area contributed by atoms with Gasteiger partial charge in [0.05, 0.1) is 0 Å². The third-order valence-corrected chi connectivity index (χ3v) is 3.92. The van der Waals surface area contributed by atoms with Crippen LogP contribution in [0.15, 0.2) is 0 Å². The Morgan fingerprint density at radius 1 is 0.714 bits per heavy atom. The second-order valence-electron chi connectivity index (χ2n) is 6.57. The Hall–Kier alpha value is 0.236. The van der Waals surface area contributed by atoms with E-state index in [-0.39, 0.29) is 23.1 Å². The number of carboxylic acid groups (broad SMARTS) is 1. The molecule has 0 unspecified atom stereocenters. The van der Waals surface area contributed by atoms with Gasteiger partial charge in [-0.3, -0.25) is 4.79 Å². The topological polar surface area (TPSA) is 37.3 Å². The van der Waals surface area contributed by atoms with Gasteiger partial charge in [0.15, 0.2) is 0 Å². The molecule has 2 nitrogen and oxygen atoms in total. The summed E-state index contributed by atoms with van der Waals surface area (Å²) in [5, 5.41) is 8.52. The lowest BCUT2D eigenvalue weighted by Crippen LogP contribution is -1.93. The van der Waals surface area contributed by atoms with Gasteiger partial charge in [0.2, 0.25) is 0 Å². The van der Waals surface area contributed by atoms with Crippen molar-refractivity contribution in [2.24, 2.45) is 5.92 Å². The fourth-order valence-electron chi connectivity index (χ4n) is 2.60. The number of carboxylic acids is 1. The second kappa shape index (κ2) is 18.3. The Morgan fingerprint density at radius 2 is 1.05 bits per heavy atom. The molecule has 0 aromatic rings. The van der Waals surface area contributed by atoms with Crippen molar-refractivity contribution < 1.29 is 9.90 Å². The van der Waals surface area contributed by atoms with Gasteiger partial charge in [-0.2, -0.15) is 0 Å². The summed E-state index contributed by atoms with van der Waals surface area (Å²) in [6, 6.07) is 0. The molecule has 0 spiro atoms. The average molecular weight is 311 g/mol. The minimum atomic E-state index is -0.654. The maximum absolute atomic E-state index is 10.3. The Bertz CT molecular complexity index is 217. The van der Waals surface area contributed by atoms with Crippen LogP contribution in [-0.2, 0) is 4.79 Å². The summed E-state index contributed by atoms with van der Waals surface area (Å²) in [5.74, 6) is 0.212. The molecule has 0 aliphatic rings. The summed E-state index contributed by atoms with van der Waals surface area (Å²) in [5.41, 5.74) is 0. The Morgan fingerprint density at radius 3 is 1.38 bits per heavy atom. The van der Waals surface area contributed by atoms with Crippen LogP contribution in [0.2, 0.25) is 0 Å². The lowest BCUT2D eigenvalue weighted by Gasteiger charge is -2.04. The third kappa shape index (κ3) is 22.7. The zero-order chi connectivity index (χ0) is 15.1. The lowest BCUT2D eigenvalue weighted by atomic mass is 10.0. The molecule has 0 aromatic carbocycles. The van der Waals surface area contributed by atoms with E-state index < -0.39 is 5.97 Å². The fourth-order valence-corrected chi connectivity index (χ4v) is 2.60. The van der Waals surface area contributed by atoms with Crippen LogP contribution in [-0.4, -0.2) is 34.1 Å². The van der Waals surface area contributed by atoms with E-state index in [1.54, 1.807) is 0 Å². The van der Waals surface area contributed by atoms with Crippen LogP contribution in [0.4, 0.5) is 0 Å². The zero-order valence-electron chi connectivity index (χ0n) is 13.8. The van der Waals surface area contributed by atoms with Crippen LogP contribution in [0.5, 0.6) is 0 Å². The Labute approximate surface area is 148 Å². The number of hydrogen-bond acceptors (Lipinski definition) is 1. The van der Waals surface area contributed by atoms with E-state index in [4.69, 9.17) is 5.11 Å². The highest BCUT2D eigenvalue weighted by molar-refractivity contribution is 5.75. The SMILES string of the molecule is CC(C)CCCCCCCCCCCCCCC(=O)O.[MgH2]. The molecule has 0 aliphatic heterocycles. The molecule has 0 fully saturated rings. The van der Waals surface area contributed by atoms with Crippen LogP contribution in [0.1, 0.15) is 104 Å². The molecule has 0 radical (unpaired) electrons. The van der Waals surface area contributed by atoms with Crippen molar-refractivity contribution in [3.8, 4) is 0 Å². The molecule has 21 heavy (non-hydrogen) atoms. The molecular weight excluding hydrogens is 273 g/mol. The fraction of sp³-hybridized carbons (Fsp3) is 0.944. The van der Waals surface area contributed by atoms with Crippen molar-refractivity contribution in [1.82, 2.24) is 0 Å². The average Bonchev–Trinajstić information content (AvgIpc) is 2.38. The predicted octanol–water partition coefficient (Wildman–Crippen LogP) is 5.27. The molecule has 0 bridgehead atoms. The van der Waals surface area contributed by atoms with Gasteiger partial charge in [-0.05, 0) is 12.3 Å². The van der Waals surface area contributed by atoms with Gasteiger partial charge in [0.1, 0.15) is 0 Å². The van der Waals surface area contributed by atoms with Gasteiger partial charge in [0.25, 0.3) is 0 Å². The van der Waals surface area contributed by atoms with Crippen molar-refractivity contribution in [3.05, 3.63) is 0 Å². The molecule has 0 aromatic heterocycles. The second-order valence-corrected chi connectivity index (χ2v) is 6.57. The van der Waals surface area contributed by atoms with Crippen molar-refractivity contribution in [3.63, 3.8) is 0 Å². The van der Waals surface area contributed by atoms with E-state index in [1.165, 1.54) is 70.6 Å². The Kier molecular flexibility index (Phi) is 20.5. The monoisotopic (exact) mass is 310 g/mol. The number of rotatable bonds is 15. The summed E-state index contributed by atoms with van der Waals surface area (Å²) in [7, 11) is 0. The van der Waals surface area contributed by atoms with Crippen LogP contribution < -0.4 is 0 Å². The van der Waals surface area contributed by atoms with Crippen LogP contribution in [0.25, 0.3) is 0 Å². The summed E-state index contributed by atoms with van der Waals surface area (Å²) in [6.07, 6.45) is 17.3. The predicted molar refractivity (Wildman–Crippen MR) is 95.7 cm³/mol. The summed E-state index contributed by atoms with van der Waals surface area (Å²) in [4.78, 5) is 10.3. The van der Waals surface area contributed by atoms with E-state index in [1.807, 2.05) is 0 Å². The molecule has 0 saturated heterocycles.